The number of hydrogen-bond acceptors (Lipinski definition) is 5. The van der Waals surface area contributed by atoms with E-state index in [0.717, 1.165) is 45.1 Å². The van der Waals surface area contributed by atoms with Crippen molar-refractivity contribution >= 4 is 27.5 Å². The minimum atomic E-state index is -0.349. The predicted molar refractivity (Wildman–Crippen MR) is 133 cm³/mol. The number of ether oxygens (including phenoxy) is 1. The summed E-state index contributed by atoms with van der Waals surface area (Å²) in [5.74, 6) is -0.0347. The zero-order chi connectivity index (χ0) is 23.8. The number of carbonyl (C=O) groups is 1. The van der Waals surface area contributed by atoms with E-state index < -0.39 is 0 Å². The van der Waals surface area contributed by atoms with Crippen LogP contribution in [-0.4, -0.2) is 58.8 Å². The van der Waals surface area contributed by atoms with Crippen LogP contribution < -0.4 is 4.74 Å². The van der Waals surface area contributed by atoms with E-state index in [0.29, 0.717) is 19.6 Å². The second-order valence-corrected chi connectivity index (χ2v) is 9.73. The van der Waals surface area contributed by atoms with Crippen LogP contribution in [0.2, 0.25) is 0 Å². The lowest BCUT2D eigenvalue weighted by Crippen LogP contribution is -2.48. The number of carbonyl (C=O) groups excluding carboxylic acids is 1. The normalized spacial score (nSPS) is 14.6. The molecular formula is C26H27FN4O2S. The van der Waals surface area contributed by atoms with Gasteiger partial charge in [0.1, 0.15) is 4.83 Å². The van der Waals surface area contributed by atoms with E-state index in [1.807, 2.05) is 28.6 Å². The third-order valence-electron chi connectivity index (χ3n) is 6.32. The van der Waals surface area contributed by atoms with Gasteiger partial charge in [0.05, 0.1) is 23.4 Å². The van der Waals surface area contributed by atoms with Crippen LogP contribution in [0.15, 0.2) is 48.5 Å². The summed E-state index contributed by atoms with van der Waals surface area (Å²) >= 11 is 1.50. The fourth-order valence-corrected chi connectivity index (χ4v) is 5.50. The molecule has 34 heavy (non-hydrogen) atoms. The van der Waals surface area contributed by atoms with E-state index >= 15 is 0 Å². The summed E-state index contributed by atoms with van der Waals surface area (Å²) in [4.78, 5) is 19.2. The van der Waals surface area contributed by atoms with Gasteiger partial charge in [0.2, 0.25) is 0 Å². The van der Waals surface area contributed by atoms with Gasteiger partial charge in [-0.1, -0.05) is 23.8 Å². The van der Waals surface area contributed by atoms with Crippen LogP contribution in [0.3, 0.4) is 0 Å². The first-order valence-corrected chi connectivity index (χ1v) is 12.1. The maximum Gasteiger partial charge on any atom is 0.264 e. The van der Waals surface area contributed by atoms with E-state index in [4.69, 9.17) is 9.84 Å². The topological polar surface area (TPSA) is 50.6 Å². The highest BCUT2D eigenvalue weighted by Crippen LogP contribution is 2.31. The van der Waals surface area contributed by atoms with Gasteiger partial charge in [-0.2, -0.15) is 5.10 Å². The highest BCUT2D eigenvalue weighted by atomic mass is 32.1. The summed E-state index contributed by atoms with van der Waals surface area (Å²) in [7, 11) is 1.46. The third-order valence-corrected chi connectivity index (χ3v) is 7.41. The van der Waals surface area contributed by atoms with E-state index in [1.54, 1.807) is 6.07 Å². The standard InChI is InChI=1S/C26H27FN4O2S/c1-17-4-7-20(8-5-17)31-26-21(18(2)28-31)15-24(34-26)25(32)30-12-10-29(11-13-30)16-19-6-9-23(33-3)22(27)14-19/h4-9,14-15H,10-13,16H2,1-3H3. The second-order valence-electron chi connectivity index (χ2n) is 8.70. The van der Waals surface area contributed by atoms with Crippen molar-refractivity contribution in [1.29, 1.82) is 0 Å². The summed E-state index contributed by atoms with van der Waals surface area (Å²) in [6.45, 7) is 7.49. The fourth-order valence-electron chi connectivity index (χ4n) is 4.34. The van der Waals surface area contributed by atoms with Crippen LogP contribution in [0.4, 0.5) is 4.39 Å². The Morgan fingerprint density at radius 1 is 1.06 bits per heavy atom. The molecule has 2 aromatic carbocycles. The Hall–Kier alpha value is -3.23. The van der Waals surface area contributed by atoms with Crippen molar-refractivity contribution in [2.45, 2.75) is 20.4 Å². The first-order valence-electron chi connectivity index (χ1n) is 11.3. The van der Waals surface area contributed by atoms with Crippen LogP contribution >= 0.6 is 11.3 Å². The van der Waals surface area contributed by atoms with Gasteiger partial charge in [0, 0.05) is 38.1 Å². The van der Waals surface area contributed by atoms with Crippen LogP contribution in [-0.2, 0) is 6.54 Å². The van der Waals surface area contributed by atoms with Gasteiger partial charge in [-0.25, -0.2) is 9.07 Å². The first-order chi connectivity index (χ1) is 16.4. The van der Waals surface area contributed by atoms with Crippen molar-refractivity contribution in [1.82, 2.24) is 19.6 Å². The lowest BCUT2D eigenvalue weighted by atomic mass is 10.1. The van der Waals surface area contributed by atoms with Crippen LogP contribution in [0.25, 0.3) is 15.9 Å². The Morgan fingerprint density at radius 2 is 1.79 bits per heavy atom. The Morgan fingerprint density at radius 3 is 2.47 bits per heavy atom. The van der Waals surface area contributed by atoms with Gasteiger partial charge in [0.25, 0.3) is 5.91 Å². The van der Waals surface area contributed by atoms with Gasteiger partial charge in [0.15, 0.2) is 11.6 Å². The van der Waals surface area contributed by atoms with E-state index in [2.05, 4.69) is 36.1 Å². The quantitative estimate of drug-likeness (QED) is 0.413. The largest absolute Gasteiger partial charge is 0.494 e. The molecule has 0 saturated carbocycles. The van der Waals surface area contributed by atoms with Crippen LogP contribution in [0.1, 0.15) is 26.5 Å². The number of benzene rings is 2. The highest BCUT2D eigenvalue weighted by molar-refractivity contribution is 7.20. The summed E-state index contributed by atoms with van der Waals surface area (Å²) in [6, 6.07) is 15.3. The number of thiophene rings is 1. The zero-order valence-corrected chi connectivity index (χ0v) is 20.4. The van der Waals surface area contributed by atoms with Crippen molar-refractivity contribution in [3.63, 3.8) is 0 Å². The number of rotatable bonds is 5. The third kappa shape index (κ3) is 4.31. The smallest absolute Gasteiger partial charge is 0.264 e. The molecule has 6 nitrogen and oxygen atoms in total. The number of aryl methyl sites for hydroxylation is 2. The molecule has 3 heterocycles. The molecule has 1 saturated heterocycles. The monoisotopic (exact) mass is 478 g/mol. The Kier molecular flexibility index (Phi) is 6.10. The van der Waals surface area contributed by atoms with Crippen molar-refractivity contribution in [2.24, 2.45) is 0 Å². The Labute approximate surface area is 202 Å². The predicted octanol–water partition coefficient (Wildman–Crippen LogP) is 4.81. The minimum Gasteiger partial charge on any atom is -0.494 e. The maximum atomic E-state index is 14.0. The fraction of sp³-hybridized carbons (Fsp3) is 0.308. The Balaban J connectivity index is 1.27. The zero-order valence-electron chi connectivity index (χ0n) is 19.5. The molecule has 0 bridgehead atoms. The van der Waals surface area contributed by atoms with Crippen molar-refractivity contribution in [2.75, 3.05) is 33.3 Å². The average Bonchev–Trinajstić information content (AvgIpc) is 3.40. The molecule has 0 radical (unpaired) electrons. The highest BCUT2D eigenvalue weighted by Gasteiger charge is 2.25. The van der Waals surface area contributed by atoms with Gasteiger partial charge in [-0.3, -0.25) is 9.69 Å². The minimum absolute atomic E-state index is 0.0613. The van der Waals surface area contributed by atoms with Gasteiger partial charge in [-0.05, 0) is 49.7 Å². The molecule has 0 atom stereocenters. The number of hydrogen-bond donors (Lipinski definition) is 0. The number of fused-ring (bicyclic) bond motifs is 1. The molecule has 0 spiro atoms. The molecule has 0 unspecified atom stereocenters. The van der Waals surface area contributed by atoms with E-state index in [1.165, 1.54) is 30.1 Å². The molecule has 8 heteroatoms. The number of halogens is 1. The number of nitrogens with zero attached hydrogens (tertiary/aromatic N) is 4. The van der Waals surface area contributed by atoms with Crippen molar-refractivity contribution < 1.29 is 13.9 Å². The summed E-state index contributed by atoms with van der Waals surface area (Å²) in [6.07, 6.45) is 0. The van der Waals surface area contributed by atoms with Crippen molar-refractivity contribution in [3.05, 3.63) is 76.0 Å². The van der Waals surface area contributed by atoms with Crippen molar-refractivity contribution in [3.8, 4) is 11.4 Å². The summed E-state index contributed by atoms with van der Waals surface area (Å²) in [5, 5.41) is 5.71. The molecule has 176 valence electrons. The molecule has 1 fully saturated rings. The Bertz CT molecular complexity index is 1340. The molecule has 1 aliphatic heterocycles. The first kappa shape index (κ1) is 22.6. The molecular weight excluding hydrogens is 451 g/mol. The number of aromatic nitrogens is 2. The molecule has 1 amide bonds. The summed E-state index contributed by atoms with van der Waals surface area (Å²) in [5.41, 5.74) is 4.01. The lowest BCUT2D eigenvalue weighted by molar-refractivity contribution is 0.0633. The maximum absolute atomic E-state index is 14.0. The second kappa shape index (κ2) is 9.19. The van der Waals surface area contributed by atoms with Crippen LogP contribution in [0, 0.1) is 19.7 Å². The van der Waals surface area contributed by atoms with E-state index in [9.17, 15) is 9.18 Å². The average molecular weight is 479 g/mol. The number of piperazine rings is 1. The molecule has 4 aromatic rings. The SMILES string of the molecule is COc1ccc(CN2CCN(C(=O)c3cc4c(C)nn(-c5ccc(C)cc5)c4s3)CC2)cc1F. The number of amides is 1. The van der Waals surface area contributed by atoms with Gasteiger partial charge in [-0.15, -0.1) is 11.3 Å². The number of methoxy groups -OCH3 is 1. The molecule has 5 rings (SSSR count). The molecule has 0 N–H and O–H groups in total. The van der Waals surface area contributed by atoms with Gasteiger partial charge >= 0.3 is 0 Å². The summed E-state index contributed by atoms with van der Waals surface area (Å²) < 4.78 is 20.9. The lowest BCUT2D eigenvalue weighted by Gasteiger charge is -2.34. The van der Waals surface area contributed by atoms with Gasteiger partial charge < -0.3 is 9.64 Å². The van der Waals surface area contributed by atoms with Crippen LogP contribution in [0.5, 0.6) is 5.75 Å². The molecule has 1 aliphatic rings. The molecule has 2 aromatic heterocycles. The molecule has 0 aliphatic carbocycles. The van der Waals surface area contributed by atoms with E-state index in [-0.39, 0.29) is 17.5 Å².